The maximum atomic E-state index is 10.8. The van der Waals surface area contributed by atoms with E-state index < -0.39 is 0 Å². The van der Waals surface area contributed by atoms with E-state index in [1.807, 2.05) is 25.8 Å². The van der Waals surface area contributed by atoms with Gasteiger partial charge in [-0.25, -0.2) is 0 Å². The topological polar surface area (TPSA) is 75.0 Å². The molecule has 0 saturated heterocycles. The third-order valence-electron chi connectivity index (χ3n) is 2.59. The van der Waals surface area contributed by atoms with Gasteiger partial charge in [0.1, 0.15) is 0 Å². The highest BCUT2D eigenvalue weighted by molar-refractivity contribution is 6.31. The number of hydrogen-bond donors (Lipinski definition) is 2. The minimum Gasteiger partial charge on any atom is -0.370 e. The molecule has 1 rings (SSSR count). The summed E-state index contributed by atoms with van der Waals surface area (Å²) in [7, 11) is 1.91. The number of nitrogens with one attached hydrogen (secondary N) is 1. The lowest BCUT2D eigenvalue weighted by Gasteiger charge is -2.22. The van der Waals surface area contributed by atoms with Crippen molar-refractivity contribution in [3.05, 3.63) is 16.4 Å². The summed E-state index contributed by atoms with van der Waals surface area (Å²) in [6.07, 6.45) is 0.331. The SMILES string of the molecule is Cc1[nH]nc(CN(C)C(C)CC(N)=O)c1Cl. The number of aromatic nitrogens is 2. The van der Waals surface area contributed by atoms with Gasteiger partial charge in [0.05, 0.1) is 16.4 Å². The summed E-state index contributed by atoms with van der Waals surface area (Å²) in [4.78, 5) is 12.8. The second-order valence-corrected chi connectivity index (χ2v) is 4.42. The van der Waals surface area contributed by atoms with E-state index in [4.69, 9.17) is 17.3 Å². The molecule has 0 saturated carbocycles. The fourth-order valence-corrected chi connectivity index (χ4v) is 1.55. The van der Waals surface area contributed by atoms with Crippen LogP contribution in [0.4, 0.5) is 0 Å². The monoisotopic (exact) mass is 244 g/mol. The zero-order valence-electron chi connectivity index (χ0n) is 9.75. The molecule has 0 spiro atoms. The molecule has 1 heterocycles. The Hall–Kier alpha value is -1.07. The number of H-pyrrole nitrogens is 1. The highest BCUT2D eigenvalue weighted by Crippen LogP contribution is 2.19. The van der Waals surface area contributed by atoms with Crippen LogP contribution < -0.4 is 5.73 Å². The number of aryl methyl sites for hydroxylation is 1. The minimum absolute atomic E-state index is 0.0746. The Morgan fingerprint density at radius 3 is 2.75 bits per heavy atom. The average molecular weight is 245 g/mol. The number of halogens is 1. The second kappa shape index (κ2) is 5.32. The van der Waals surface area contributed by atoms with Gasteiger partial charge in [0.15, 0.2) is 0 Å². The summed E-state index contributed by atoms with van der Waals surface area (Å²) in [6.45, 7) is 4.40. The summed E-state index contributed by atoms with van der Waals surface area (Å²) in [6, 6.07) is 0.0746. The molecule has 6 heteroatoms. The number of primary amides is 1. The number of nitrogens with two attached hydrogens (primary N) is 1. The van der Waals surface area contributed by atoms with Crippen molar-refractivity contribution in [3.63, 3.8) is 0 Å². The number of nitrogens with zero attached hydrogens (tertiary/aromatic N) is 2. The van der Waals surface area contributed by atoms with Crippen LogP contribution in [0.25, 0.3) is 0 Å². The van der Waals surface area contributed by atoms with Crippen LogP contribution in [-0.2, 0) is 11.3 Å². The lowest BCUT2D eigenvalue weighted by atomic mass is 10.2. The third kappa shape index (κ3) is 3.21. The van der Waals surface area contributed by atoms with E-state index in [0.29, 0.717) is 18.0 Å². The van der Waals surface area contributed by atoms with Gasteiger partial charge in [-0.15, -0.1) is 0 Å². The molecule has 0 aromatic carbocycles. The summed E-state index contributed by atoms with van der Waals surface area (Å²) in [5, 5.41) is 7.57. The molecular weight excluding hydrogens is 228 g/mol. The van der Waals surface area contributed by atoms with Crippen LogP contribution >= 0.6 is 11.6 Å². The van der Waals surface area contributed by atoms with Crippen LogP contribution in [0.2, 0.25) is 5.02 Å². The summed E-state index contributed by atoms with van der Waals surface area (Å²) in [5.41, 5.74) is 6.79. The van der Waals surface area contributed by atoms with Gasteiger partial charge in [0.25, 0.3) is 0 Å². The van der Waals surface area contributed by atoms with Crippen LogP contribution in [0.15, 0.2) is 0 Å². The number of aromatic amines is 1. The number of carbonyl (C=O) groups excluding carboxylic acids is 1. The number of carbonyl (C=O) groups is 1. The second-order valence-electron chi connectivity index (χ2n) is 4.04. The summed E-state index contributed by atoms with van der Waals surface area (Å²) < 4.78 is 0. The minimum atomic E-state index is -0.302. The molecule has 1 aromatic rings. The van der Waals surface area contributed by atoms with E-state index >= 15 is 0 Å². The first-order chi connectivity index (χ1) is 7.41. The first-order valence-corrected chi connectivity index (χ1v) is 5.47. The molecule has 0 aliphatic heterocycles. The van der Waals surface area contributed by atoms with E-state index in [-0.39, 0.29) is 11.9 Å². The van der Waals surface area contributed by atoms with Crippen molar-refractivity contribution in [1.29, 1.82) is 0 Å². The Balaban J connectivity index is 2.60. The molecule has 0 radical (unpaired) electrons. The molecule has 90 valence electrons. The molecule has 0 fully saturated rings. The number of hydrogen-bond acceptors (Lipinski definition) is 3. The Labute approximate surface area is 99.9 Å². The molecular formula is C10H17ClN4O. The van der Waals surface area contributed by atoms with Crippen molar-refractivity contribution in [2.45, 2.75) is 32.9 Å². The molecule has 16 heavy (non-hydrogen) atoms. The molecule has 0 aliphatic carbocycles. The van der Waals surface area contributed by atoms with E-state index in [1.165, 1.54) is 0 Å². The smallest absolute Gasteiger partial charge is 0.218 e. The molecule has 1 atom stereocenters. The highest BCUT2D eigenvalue weighted by Gasteiger charge is 2.15. The normalized spacial score (nSPS) is 13.1. The predicted octanol–water partition coefficient (Wildman–Crippen LogP) is 1.07. The Morgan fingerprint density at radius 2 is 2.31 bits per heavy atom. The van der Waals surface area contributed by atoms with Crippen LogP contribution in [-0.4, -0.2) is 34.1 Å². The van der Waals surface area contributed by atoms with Gasteiger partial charge in [-0.05, 0) is 20.9 Å². The fraction of sp³-hybridized carbons (Fsp3) is 0.600. The number of amides is 1. The van der Waals surface area contributed by atoms with Crippen LogP contribution in [0.5, 0.6) is 0 Å². The first kappa shape index (κ1) is 13.0. The van der Waals surface area contributed by atoms with Gasteiger partial charge in [0.2, 0.25) is 5.91 Å². The van der Waals surface area contributed by atoms with Crippen molar-refractivity contribution < 1.29 is 4.79 Å². The van der Waals surface area contributed by atoms with Gasteiger partial charge < -0.3 is 5.73 Å². The zero-order chi connectivity index (χ0) is 12.3. The van der Waals surface area contributed by atoms with Crippen molar-refractivity contribution >= 4 is 17.5 Å². The molecule has 0 aliphatic rings. The van der Waals surface area contributed by atoms with Gasteiger partial charge >= 0.3 is 0 Å². The molecule has 1 aromatic heterocycles. The van der Waals surface area contributed by atoms with E-state index in [2.05, 4.69) is 10.2 Å². The van der Waals surface area contributed by atoms with Crippen LogP contribution in [0.1, 0.15) is 24.7 Å². The molecule has 1 unspecified atom stereocenters. The maximum absolute atomic E-state index is 10.8. The van der Waals surface area contributed by atoms with Gasteiger partial charge in [-0.1, -0.05) is 11.6 Å². The summed E-state index contributed by atoms with van der Waals surface area (Å²) in [5.74, 6) is -0.302. The number of rotatable bonds is 5. The largest absolute Gasteiger partial charge is 0.370 e. The Bertz CT molecular complexity index is 377. The lowest BCUT2D eigenvalue weighted by molar-refractivity contribution is -0.119. The highest BCUT2D eigenvalue weighted by atomic mass is 35.5. The summed E-state index contributed by atoms with van der Waals surface area (Å²) >= 11 is 6.05. The first-order valence-electron chi connectivity index (χ1n) is 5.09. The van der Waals surface area contributed by atoms with Crippen LogP contribution in [0, 0.1) is 6.92 Å². The quantitative estimate of drug-likeness (QED) is 0.814. The molecule has 1 amide bonds. The van der Waals surface area contributed by atoms with Gasteiger partial charge in [-0.3, -0.25) is 14.8 Å². The molecule has 5 nitrogen and oxygen atoms in total. The van der Waals surface area contributed by atoms with Crippen molar-refractivity contribution in [2.75, 3.05) is 7.05 Å². The third-order valence-corrected chi connectivity index (χ3v) is 3.09. The molecule has 0 bridgehead atoms. The van der Waals surface area contributed by atoms with Gasteiger partial charge in [-0.2, -0.15) is 5.10 Å². The predicted molar refractivity (Wildman–Crippen MR) is 63.1 cm³/mol. The van der Waals surface area contributed by atoms with E-state index in [0.717, 1.165) is 11.4 Å². The van der Waals surface area contributed by atoms with Gasteiger partial charge in [0, 0.05) is 19.0 Å². The van der Waals surface area contributed by atoms with Crippen molar-refractivity contribution in [1.82, 2.24) is 15.1 Å². The van der Waals surface area contributed by atoms with E-state index in [9.17, 15) is 4.79 Å². The molecule has 3 N–H and O–H groups in total. The fourth-order valence-electron chi connectivity index (χ4n) is 1.41. The Morgan fingerprint density at radius 1 is 1.69 bits per heavy atom. The van der Waals surface area contributed by atoms with E-state index in [1.54, 1.807) is 0 Å². The average Bonchev–Trinajstić information content (AvgIpc) is 2.48. The lowest BCUT2D eigenvalue weighted by Crippen LogP contribution is -2.32. The maximum Gasteiger partial charge on any atom is 0.218 e. The van der Waals surface area contributed by atoms with Crippen LogP contribution in [0.3, 0.4) is 0 Å². The Kier molecular flexibility index (Phi) is 4.32. The van der Waals surface area contributed by atoms with Crippen molar-refractivity contribution in [2.24, 2.45) is 5.73 Å². The zero-order valence-corrected chi connectivity index (χ0v) is 10.5. The standard InChI is InChI=1S/C10H17ClN4O/c1-6(4-9(12)16)15(3)5-8-10(11)7(2)13-14-8/h6H,4-5H2,1-3H3,(H2,12,16)(H,13,14). The van der Waals surface area contributed by atoms with Crippen molar-refractivity contribution in [3.8, 4) is 0 Å².